The maximum absolute atomic E-state index is 12.2. The first-order valence-electron chi connectivity index (χ1n) is 5.53. The molecule has 2 rings (SSSR count). The summed E-state index contributed by atoms with van der Waals surface area (Å²) in [5.74, 6) is -1.17. The van der Waals surface area contributed by atoms with Crippen molar-refractivity contribution in [2.75, 3.05) is 0 Å². The molecule has 1 heterocycles. The third-order valence-corrected chi connectivity index (χ3v) is 3.03. The lowest BCUT2D eigenvalue weighted by molar-refractivity contribution is 0.0690. The van der Waals surface area contributed by atoms with Crippen LogP contribution in [0.3, 0.4) is 0 Å². The summed E-state index contributed by atoms with van der Waals surface area (Å²) in [5.41, 5.74) is 1.57. The van der Waals surface area contributed by atoms with Gasteiger partial charge in [0.25, 0.3) is 5.56 Å². The summed E-state index contributed by atoms with van der Waals surface area (Å²) in [6, 6.07) is 6.51. The monoisotopic (exact) mass is 278 g/mol. The predicted octanol–water partition coefficient (Wildman–Crippen LogP) is 2.24. The van der Waals surface area contributed by atoms with E-state index < -0.39 is 5.97 Å². The second-order valence-electron chi connectivity index (χ2n) is 4.12. The molecule has 0 aliphatic rings. The van der Waals surface area contributed by atoms with E-state index in [2.05, 4.69) is 5.10 Å². The first-order chi connectivity index (χ1) is 9.04. The van der Waals surface area contributed by atoms with Crippen LogP contribution in [0.15, 0.2) is 40.2 Å². The van der Waals surface area contributed by atoms with Gasteiger partial charge in [0.05, 0.1) is 11.9 Å². The summed E-state index contributed by atoms with van der Waals surface area (Å²) < 4.78 is 1.11. The molecular weight excluding hydrogens is 268 g/mol. The highest BCUT2D eigenvalue weighted by Gasteiger charge is 2.15. The molecule has 1 aromatic carbocycles. The minimum atomic E-state index is -1.17. The molecule has 0 unspecified atom stereocenters. The number of aromatic nitrogens is 2. The highest BCUT2D eigenvalue weighted by atomic mass is 35.5. The molecule has 0 bridgehead atoms. The second-order valence-corrected chi connectivity index (χ2v) is 4.34. The molecule has 0 fully saturated rings. The number of carboxylic acid groups (broad SMARTS) is 1. The van der Waals surface area contributed by atoms with Gasteiger partial charge in [0.2, 0.25) is 0 Å². The second kappa shape index (κ2) is 5.24. The van der Waals surface area contributed by atoms with Crippen LogP contribution in [0.1, 0.15) is 17.4 Å². The van der Waals surface area contributed by atoms with Crippen LogP contribution in [0.4, 0.5) is 0 Å². The van der Waals surface area contributed by atoms with E-state index in [9.17, 15) is 14.7 Å². The van der Waals surface area contributed by atoms with Crippen LogP contribution in [0, 0.1) is 0 Å². The van der Waals surface area contributed by atoms with Crippen molar-refractivity contribution in [2.45, 2.75) is 13.5 Å². The molecule has 6 heteroatoms. The van der Waals surface area contributed by atoms with Crippen molar-refractivity contribution in [3.05, 3.63) is 51.4 Å². The van der Waals surface area contributed by atoms with Crippen molar-refractivity contribution in [3.8, 4) is 0 Å². The van der Waals surface area contributed by atoms with Gasteiger partial charge in [-0.25, -0.2) is 9.48 Å². The zero-order chi connectivity index (χ0) is 14.0. The Morgan fingerprint density at radius 3 is 2.63 bits per heavy atom. The molecule has 0 aliphatic carbocycles. The quantitative estimate of drug-likeness (QED) is 0.934. The van der Waals surface area contributed by atoms with E-state index in [4.69, 9.17) is 11.6 Å². The largest absolute Gasteiger partial charge is 0.476 e. The molecular formula is C13H11ClN2O3. The van der Waals surface area contributed by atoms with Gasteiger partial charge in [-0.3, -0.25) is 4.79 Å². The smallest absolute Gasteiger partial charge is 0.357 e. The Morgan fingerprint density at radius 2 is 2.05 bits per heavy atom. The first kappa shape index (κ1) is 13.3. The molecule has 0 spiro atoms. The molecule has 1 aromatic heterocycles. The van der Waals surface area contributed by atoms with Gasteiger partial charge in [-0.05, 0) is 18.6 Å². The number of benzene rings is 1. The zero-order valence-electron chi connectivity index (χ0n) is 10.1. The number of hydrogen-bond acceptors (Lipinski definition) is 3. The van der Waals surface area contributed by atoms with E-state index in [1.165, 1.54) is 5.54 Å². The maximum Gasteiger partial charge on any atom is 0.357 e. The zero-order valence-corrected chi connectivity index (χ0v) is 10.9. The minimum absolute atomic E-state index is 0.141. The molecule has 0 radical (unpaired) electrons. The Labute approximate surface area is 113 Å². The third-order valence-electron chi connectivity index (χ3n) is 2.66. The fraction of sp³-hybridized carbons (Fsp3) is 0.154. The summed E-state index contributed by atoms with van der Waals surface area (Å²) in [4.78, 5) is 23.4. The molecule has 0 saturated carbocycles. The number of carbonyl (C=O) groups is 1. The number of halogens is 1. The van der Waals surface area contributed by atoms with Crippen molar-refractivity contribution in [3.63, 3.8) is 0 Å². The van der Waals surface area contributed by atoms with Gasteiger partial charge in [0.1, 0.15) is 0 Å². The third kappa shape index (κ3) is 2.51. The normalized spacial score (nSPS) is 11.8. The Morgan fingerprint density at radius 1 is 1.42 bits per heavy atom. The van der Waals surface area contributed by atoms with Gasteiger partial charge < -0.3 is 5.11 Å². The van der Waals surface area contributed by atoms with Crippen LogP contribution in [0.25, 0.3) is 10.8 Å². The van der Waals surface area contributed by atoms with Crippen LogP contribution in [0.2, 0.25) is 0 Å². The van der Waals surface area contributed by atoms with E-state index in [1.54, 1.807) is 31.2 Å². The summed E-state index contributed by atoms with van der Waals surface area (Å²) in [7, 11) is 0. The van der Waals surface area contributed by atoms with Crippen molar-refractivity contribution in [2.24, 2.45) is 0 Å². The highest BCUT2D eigenvalue weighted by molar-refractivity contribution is 6.25. The predicted molar refractivity (Wildman–Crippen MR) is 72.6 cm³/mol. The van der Waals surface area contributed by atoms with E-state index in [1.807, 2.05) is 0 Å². The summed E-state index contributed by atoms with van der Waals surface area (Å²) in [6.45, 7) is 1.89. The standard InChI is InChI=1S/C13H11ClN2O3/c1-8(6-14)7-16-12(17)10-5-3-2-4-9(10)11(15-16)13(18)19/h2-6H,7H2,1H3,(H,18,19)/b8-6-. The molecule has 98 valence electrons. The SMILES string of the molecule is C/C(=C/Cl)Cn1nc(C(=O)O)c2ccccc2c1=O. The number of rotatable bonds is 3. The number of carboxylic acids is 1. The van der Waals surface area contributed by atoms with Gasteiger partial charge in [-0.2, -0.15) is 5.10 Å². The summed E-state index contributed by atoms with van der Waals surface area (Å²) in [5, 5.41) is 13.7. The topological polar surface area (TPSA) is 72.2 Å². The van der Waals surface area contributed by atoms with Crippen molar-refractivity contribution < 1.29 is 9.90 Å². The Balaban J connectivity index is 2.77. The summed E-state index contributed by atoms with van der Waals surface area (Å²) in [6.07, 6.45) is 0. The molecule has 2 aromatic rings. The Bertz CT molecular complexity index is 734. The fourth-order valence-electron chi connectivity index (χ4n) is 1.77. The molecule has 0 atom stereocenters. The maximum atomic E-state index is 12.2. The van der Waals surface area contributed by atoms with Gasteiger partial charge in [0.15, 0.2) is 5.69 Å². The molecule has 19 heavy (non-hydrogen) atoms. The summed E-state index contributed by atoms with van der Waals surface area (Å²) >= 11 is 5.55. The number of nitrogens with zero attached hydrogens (tertiary/aromatic N) is 2. The molecule has 1 N–H and O–H groups in total. The van der Waals surface area contributed by atoms with Gasteiger partial charge >= 0.3 is 5.97 Å². The molecule has 0 saturated heterocycles. The van der Waals surface area contributed by atoms with Crippen LogP contribution >= 0.6 is 11.6 Å². The lowest BCUT2D eigenvalue weighted by Gasteiger charge is -2.08. The lowest BCUT2D eigenvalue weighted by Crippen LogP contribution is -2.26. The highest BCUT2D eigenvalue weighted by Crippen LogP contribution is 2.13. The van der Waals surface area contributed by atoms with Gasteiger partial charge in [-0.1, -0.05) is 29.8 Å². The average Bonchev–Trinajstić information content (AvgIpc) is 2.41. The molecule has 0 amide bonds. The van der Waals surface area contributed by atoms with E-state index >= 15 is 0 Å². The van der Waals surface area contributed by atoms with Gasteiger partial charge in [-0.15, -0.1) is 0 Å². The fourth-order valence-corrected chi connectivity index (χ4v) is 1.84. The number of fused-ring (bicyclic) bond motifs is 1. The number of aromatic carboxylic acids is 1. The molecule has 0 aliphatic heterocycles. The number of hydrogen-bond donors (Lipinski definition) is 1. The first-order valence-corrected chi connectivity index (χ1v) is 5.97. The minimum Gasteiger partial charge on any atom is -0.476 e. The van der Waals surface area contributed by atoms with Crippen LogP contribution in [-0.4, -0.2) is 20.9 Å². The Kier molecular flexibility index (Phi) is 3.66. The van der Waals surface area contributed by atoms with E-state index in [-0.39, 0.29) is 17.8 Å². The number of allylic oxidation sites excluding steroid dienone is 1. The Hall–Kier alpha value is -2.14. The molecule has 5 nitrogen and oxygen atoms in total. The van der Waals surface area contributed by atoms with Crippen LogP contribution in [-0.2, 0) is 6.54 Å². The van der Waals surface area contributed by atoms with E-state index in [0.717, 1.165) is 4.68 Å². The van der Waals surface area contributed by atoms with Crippen LogP contribution in [0.5, 0.6) is 0 Å². The van der Waals surface area contributed by atoms with Crippen LogP contribution < -0.4 is 5.56 Å². The van der Waals surface area contributed by atoms with Crippen molar-refractivity contribution in [1.82, 2.24) is 9.78 Å². The van der Waals surface area contributed by atoms with Gasteiger partial charge in [0, 0.05) is 10.9 Å². The van der Waals surface area contributed by atoms with Crippen molar-refractivity contribution >= 4 is 28.3 Å². The van der Waals surface area contributed by atoms with Crippen molar-refractivity contribution in [1.29, 1.82) is 0 Å². The lowest BCUT2D eigenvalue weighted by atomic mass is 10.1. The average molecular weight is 279 g/mol. The van der Waals surface area contributed by atoms with E-state index in [0.29, 0.717) is 16.3 Å².